The molecule has 1 aliphatic heterocycles. The van der Waals surface area contributed by atoms with Gasteiger partial charge in [-0.15, -0.1) is 53.9 Å². The van der Waals surface area contributed by atoms with Crippen LogP contribution in [0.1, 0.15) is 39.0 Å². The third-order valence-corrected chi connectivity index (χ3v) is 11.6. The van der Waals surface area contributed by atoms with Crippen molar-refractivity contribution < 1.29 is 29.1 Å². The molecular formula is C48H36IrN4O+. The summed E-state index contributed by atoms with van der Waals surface area (Å²) < 4.78 is 12.2. The number of imidazole rings is 2. The standard InChI is InChI=1S/C27H23N2.C21H13N2O.Ir/c1-26(2)21-16-10-15-19-18-13-8-9-14-20(18)25-28-22(17-11-6-5-7-12-17)24(27(26,3)4)29(25)23(19)21;1-2-8-16(9-3-1)22-15-23(19-12-6-5-11-18(19)22)20-14-24-21-13-7-4-10-17(20)21;/h5-13,15-16H,1-4H3;1-9,11-14H;/q2*-1;+3. The second kappa shape index (κ2) is 12.7. The first-order chi connectivity index (χ1) is 25.8. The minimum atomic E-state index is -0.0959. The topological polar surface area (TPSA) is 39.3 Å². The predicted molar refractivity (Wildman–Crippen MR) is 213 cm³/mol. The molecule has 0 atom stereocenters. The van der Waals surface area contributed by atoms with Gasteiger partial charge in [0.05, 0.1) is 40.0 Å². The molecule has 10 aromatic rings. The fourth-order valence-electron chi connectivity index (χ4n) is 8.23. The summed E-state index contributed by atoms with van der Waals surface area (Å²) in [6.45, 7) is 9.48. The number of furan rings is 1. The molecule has 0 aliphatic carbocycles. The number of pyridine rings is 1. The van der Waals surface area contributed by atoms with Gasteiger partial charge < -0.3 is 8.82 Å². The molecule has 6 heteroatoms. The molecule has 0 radical (unpaired) electrons. The van der Waals surface area contributed by atoms with Crippen molar-refractivity contribution in [2.45, 2.75) is 38.5 Å². The summed E-state index contributed by atoms with van der Waals surface area (Å²) in [5.74, 6) is 0. The van der Waals surface area contributed by atoms with Crippen molar-refractivity contribution >= 4 is 49.3 Å². The third kappa shape index (κ3) is 4.87. The molecule has 0 spiro atoms. The van der Waals surface area contributed by atoms with E-state index in [1.54, 1.807) is 6.26 Å². The van der Waals surface area contributed by atoms with E-state index in [1.165, 1.54) is 33.1 Å². The molecular weight excluding hydrogens is 841 g/mol. The predicted octanol–water partition coefficient (Wildman–Crippen LogP) is 10.9. The second-order valence-corrected chi connectivity index (χ2v) is 14.9. The van der Waals surface area contributed by atoms with Crippen molar-refractivity contribution in [2.75, 3.05) is 0 Å². The summed E-state index contributed by atoms with van der Waals surface area (Å²) in [7, 11) is 0. The van der Waals surface area contributed by atoms with E-state index in [0.29, 0.717) is 0 Å². The number of para-hydroxylation sites is 4. The Morgan fingerprint density at radius 1 is 0.667 bits per heavy atom. The molecule has 4 aromatic heterocycles. The van der Waals surface area contributed by atoms with Crippen LogP contribution >= 0.6 is 0 Å². The van der Waals surface area contributed by atoms with Crippen LogP contribution in [0, 0.1) is 18.5 Å². The molecule has 0 N–H and O–H groups in total. The number of hydrogen-bond acceptors (Lipinski definition) is 2. The van der Waals surface area contributed by atoms with Crippen LogP contribution in [-0.4, -0.2) is 14.0 Å². The van der Waals surface area contributed by atoms with Crippen LogP contribution in [0.2, 0.25) is 0 Å². The zero-order chi connectivity index (χ0) is 35.9. The third-order valence-electron chi connectivity index (χ3n) is 11.6. The van der Waals surface area contributed by atoms with Gasteiger partial charge in [-0.05, 0) is 23.1 Å². The van der Waals surface area contributed by atoms with Gasteiger partial charge in [0, 0.05) is 33.2 Å². The summed E-state index contributed by atoms with van der Waals surface area (Å²) >= 11 is 0. The minimum absolute atomic E-state index is 0. The Labute approximate surface area is 327 Å². The number of hydrogen-bond donors (Lipinski definition) is 0. The maximum atomic E-state index is 5.69. The maximum absolute atomic E-state index is 5.69. The van der Waals surface area contributed by atoms with Crippen LogP contribution in [0.4, 0.5) is 0 Å². The maximum Gasteiger partial charge on any atom is 3.00 e. The quantitative estimate of drug-likeness (QED) is 0.101. The Bertz CT molecular complexity index is 3010. The van der Waals surface area contributed by atoms with Gasteiger partial charge in [-0.1, -0.05) is 129 Å². The number of aromatic nitrogens is 4. The zero-order valence-corrected chi connectivity index (χ0v) is 32.8. The van der Waals surface area contributed by atoms with Crippen molar-refractivity contribution in [3.8, 4) is 22.6 Å². The van der Waals surface area contributed by atoms with E-state index in [4.69, 9.17) is 9.40 Å². The zero-order valence-electron chi connectivity index (χ0n) is 30.4. The van der Waals surface area contributed by atoms with E-state index in [2.05, 4.69) is 140 Å². The van der Waals surface area contributed by atoms with Gasteiger partial charge in [0.15, 0.2) is 0 Å². The van der Waals surface area contributed by atoms with E-state index in [1.807, 2.05) is 59.2 Å². The molecule has 0 bridgehead atoms. The molecule has 5 nitrogen and oxygen atoms in total. The molecule has 0 unspecified atom stereocenters. The Balaban J connectivity index is 0.000000142. The van der Waals surface area contributed by atoms with Crippen LogP contribution in [-0.2, 0) is 30.9 Å². The first kappa shape index (κ1) is 34.0. The molecule has 1 aliphatic rings. The minimum Gasteiger partial charge on any atom is -0.512 e. The van der Waals surface area contributed by atoms with Crippen molar-refractivity contribution in [3.63, 3.8) is 0 Å². The summed E-state index contributed by atoms with van der Waals surface area (Å²) in [4.78, 5) is 5.26. The summed E-state index contributed by atoms with van der Waals surface area (Å²) in [6.07, 6.45) is 5.22. The van der Waals surface area contributed by atoms with Gasteiger partial charge in [-0.2, -0.15) is 0 Å². The number of nitrogens with zero attached hydrogens (tertiary/aromatic N) is 4. The van der Waals surface area contributed by atoms with Crippen LogP contribution < -0.4 is 4.57 Å². The molecule has 262 valence electrons. The molecule has 0 amide bonds. The van der Waals surface area contributed by atoms with Crippen LogP contribution in [0.3, 0.4) is 0 Å². The molecule has 54 heavy (non-hydrogen) atoms. The van der Waals surface area contributed by atoms with Crippen molar-refractivity contribution in [1.29, 1.82) is 0 Å². The fraction of sp³-hybridized carbons (Fsp3) is 0.125. The van der Waals surface area contributed by atoms with Gasteiger partial charge in [0.1, 0.15) is 0 Å². The van der Waals surface area contributed by atoms with E-state index in [-0.39, 0.29) is 30.9 Å². The first-order valence-electron chi connectivity index (χ1n) is 18.1. The molecule has 11 rings (SSSR count). The average molecular weight is 877 g/mol. The van der Waals surface area contributed by atoms with Crippen LogP contribution in [0.25, 0.3) is 72.0 Å². The van der Waals surface area contributed by atoms with E-state index in [9.17, 15) is 0 Å². The summed E-state index contributed by atoms with van der Waals surface area (Å²) in [6, 6.07) is 54.7. The van der Waals surface area contributed by atoms with Crippen molar-refractivity contribution in [3.05, 3.63) is 176 Å². The average Bonchev–Trinajstić information content (AvgIpc) is 3.93. The number of fused-ring (bicyclic) bond motifs is 5. The van der Waals surface area contributed by atoms with Crippen LogP contribution in [0.5, 0.6) is 0 Å². The Kier molecular flexibility index (Phi) is 7.97. The van der Waals surface area contributed by atoms with Crippen LogP contribution in [0.15, 0.2) is 150 Å². The smallest absolute Gasteiger partial charge is 0.512 e. The van der Waals surface area contributed by atoms with Gasteiger partial charge in [0.2, 0.25) is 0 Å². The van der Waals surface area contributed by atoms with E-state index >= 15 is 0 Å². The molecule has 0 fully saturated rings. The van der Waals surface area contributed by atoms with Gasteiger partial charge >= 0.3 is 20.1 Å². The van der Waals surface area contributed by atoms with E-state index < -0.39 is 0 Å². The Morgan fingerprint density at radius 3 is 2.15 bits per heavy atom. The number of benzene rings is 6. The van der Waals surface area contributed by atoms with Crippen molar-refractivity contribution in [1.82, 2.24) is 14.0 Å². The summed E-state index contributed by atoms with van der Waals surface area (Å²) in [5.41, 5.74) is 12.1. The van der Waals surface area contributed by atoms with Gasteiger partial charge in [0.25, 0.3) is 6.33 Å². The van der Waals surface area contributed by atoms with Gasteiger partial charge in [-0.25, -0.2) is 0 Å². The summed E-state index contributed by atoms with van der Waals surface area (Å²) in [5, 5.41) is 4.55. The fourth-order valence-corrected chi connectivity index (χ4v) is 8.23. The largest absolute Gasteiger partial charge is 3.00 e. The Hall–Kier alpha value is -5.81. The Morgan fingerprint density at radius 2 is 1.35 bits per heavy atom. The molecule has 5 heterocycles. The van der Waals surface area contributed by atoms with Gasteiger partial charge in [-0.3, -0.25) is 14.1 Å². The SMILES string of the molecule is CC1(C)c2cccc3c4ccc[c-]c4c4nc(-c5ccccc5)c(n4c23)C1(C)C.[Ir+3].[c-]1cccc2occ(-n3[c-][n+](-c4ccccc4)c4ccccc43)c12. The molecule has 0 saturated carbocycles. The second-order valence-electron chi connectivity index (χ2n) is 14.9. The van der Waals surface area contributed by atoms with E-state index in [0.717, 1.165) is 50.1 Å². The first-order valence-corrected chi connectivity index (χ1v) is 18.1. The monoisotopic (exact) mass is 877 g/mol. The molecule has 0 saturated heterocycles. The normalized spacial score (nSPS) is 14.1. The van der Waals surface area contributed by atoms with Crippen molar-refractivity contribution in [2.24, 2.45) is 0 Å². The molecule has 6 aromatic carbocycles. The number of rotatable bonds is 3.